The summed E-state index contributed by atoms with van der Waals surface area (Å²) in [4.78, 5) is 22.5. The molecule has 2 unspecified atom stereocenters. The fourth-order valence-electron chi connectivity index (χ4n) is 2.05. The Labute approximate surface area is 94.4 Å². The second-order valence-corrected chi connectivity index (χ2v) is 4.70. The van der Waals surface area contributed by atoms with E-state index in [4.69, 9.17) is 4.74 Å². The topological polar surface area (TPSA) is 43.4 Å². The first kappa shape index (κ1) is 10.9. The van der Waals surface area contributed by atoms with E-state index < -0.39 is 0 Å². The zero-order chi connectivity index (χ0) is 11.8. The number of carbonyl (C=O) groups excluding carboxylic acids is 2. The molecule has 1 saturated carbocycles. The van der Waals surface area contributed by atoms with Crippen molar-refractivity contribution in [3.05, 3.63) is 30.3 Å². The van der Waals surface area contributed by atoms with Gasteiger partial charge in [0.05, 0.1) is 5.92 Å². The second-order valence-electron chi connectivity index (χ2n) is 4.70. The van der Waals surface area contributed by atoms with E-state index in [9.17, 15) is 9.59 Å². The summed E-state index contributed by atoms with van der Waals surface area (Å²) in [5, 5.41) is 0. The molecule has 0 heterocycles. The molecule has 1 aliphatic carbocycles. The molecule has 1 fully saturated rings. The summed E-state index contributed by atoms with van der Waals surface area (Å²) in [5.41, 5.74) is -0.256. The Morgan fingerprint density at radius 2 is 1.94 bits per heavy atom. The maximum atomic E-state index is 11.8. The third-order valence-corrected chi connectivity index (χ3v) is 3.27. The molecule has 3 nitrogen and oxygen atoms in total. The largest absolute Gasteiger partial charge is 0.426 e. The minimum Gasteiger partial charge on any atom is -0.426 e. The van der Waals surface area contributed by atoms with E-state index in [0.29, 0.717) is 5.75 Å². The lowest BCUT2D eigenvalue weighted by molar-refractivity contribution is -0.137. The Bertz CT molecular complexity index is 408. The highest BCUT2D eigenvalue weighted by molar-refractivity contribution is 5.85. The standard InChI is InChI=1S/C13H14O3/c1-13(2)10(8-14)11(13)12(15)16-9-6-4-3-5-7-9/h3-8,10-11H,1-2H3. The molecule has 0 spiro atoms. The first-order chi connectivity index (χ1) is 7.57. The van der Waals surface area contributed by atoms with Gasteiger partial charge in [0.2, 0.25) is 0 Å². The normalized spacial score (nSPS) is 25.9. The van der Waals surface area contributed by atoms with Gasteiger partial charge in [-0.3, -0.25) is 4.79 Å². The Morgan fingerprint density at radius 3 is 2.44 bits per heavy atom. The molecule has 1 aromatic rings. The van der Waals surface area contributed by atoms with E-state index in [1.807, 2.05) is 19.9 Å². The molecule has 0 amide bonds. The molecule has 1 aliphatic rings. The van der Waals surface area contributed by atoms with Crippen LogP contribution in [0.15, 0.2) is 30.3 Å². The molecule has 1 aromatic carbocycles. The van der Waals surface area contributed by atoms with Crippen molar-refractivity contribution in [1.82, 2.24) is 0 Å². The van der Waals surface area contributed by atoms with Gasteiger partial charge in [-0.05, 0) is 17.5 Å². The van der Waals surface area contributed by atoms with Crippen molar-refractivity contribution in [2.45, 2.75) is 13.8 Å². The van der Waals surface area contributed by atoms with Crippen molar-refractivity contribution >= 4 is 12.3 Å². The van der Waals surface area contributed by atoms with Gasteiger partial charge >= 0.3 is 5.97 Å². The highest BCUT2D eigenvalue weighted by Gasteiger charge is 2.62. The molecule has 0 aliphatic heterocycles. The lowest BCUT2D eigenvalue weighted by Crippen LogP contribution is -2.13. The summed E-state index contributed by atoms with van der Waals surface area (Å²) in [5.74, 6) is -0.290. The summed E-state index contributed by atoms with van der Waals surface area (Å²) >= 11 is 0. The number of hydrogen-bond donors (Lipinski definition) is 0. The number of aldehydes is 1. The third kappa shape index (κ3) is 1.73. The summed E-state index contributed by atoms with van der Waals surface area (Å²) in [6.07, 6.45) is 0.844. The van der Waals surface area contributed by atoms with Gasteiger partial charge in [-0.2, -0.15) is 0 Å². The molecule has 0 saturated heterocycles. The predicted octanol–water partition coefficient (Wildman–Crippen LogP) is 2.06. The molecular weight excluding hydrogens is 204 g/mol. The number of ether oxygens (including phenoxy) is 1. The Morgan fingerprint density at radius 1 is 1.31 bits per heavy atom. The summed E-state index contributed by atoms with van der Waals surface area (Å²) in [6.45, 7) is 3.81. The summed E-state index contributed by atoms with van der Waals surface area (Å²) in [6, 6.07) is 8.91. The van der Waals surface area contributed by atoms with Crippen LogP contribution in [-0.2, 0) is 9.59 Å². The maximum Gasteiger partial charge on any atom is 0.315 e. The van der Waals surface area contributed by atoms with E-state index in [1.54, 1.807) is 24.3 Å². The molecule has 84 valence electrons. The number of rotatable bonds is 3. The lowest BCUT2D eigenvalue weighted by Gasteiger charge is -2.04. The molecule has 0 aromatic heterocycles. The predicted molar refractivity (Wildman–Crippen MR) is 58.9 cm³/mol. The molecule has 2 rings (SSSR count). The number of benzene rings is 1. The van der Waals surface area contributed by atoms with Crippen molar-refractivity contribution < 1.29 is 14.3 Å². The minimum atomic E-state index is -0.312. The van der Waals surface area contributed by atoms with Crippen LogP contribution in [-0.4, -0.2) is 12.3 Å². The Kier molecular flexibility index (Phi) is 2.54. The zero-order valence-electron chi connectivity index (χ0n) is 9.34. The highest BCUT2D eigenvalue weighted by Crippen LogP contribution is 2.57. The van der Waals surface area contributed by atoms with E-state index in [0.717, 1.165) is 6.29 Å². The fourth-order valence-corrected chi connectivity index (χ4v) is 2.05. The number of carbonyl (C=O) groups is 2. The number of esters is 1. The van der Waals surface area contributed by atoms with Crippen molar-refractivity contribution in [2.75, 3.05) is 0 Å². The van der Waals surface area contributed by atoms with Crippen LogP contribution in [0.4, 0.5) is 0 Å². The SMILES string of the molecule is CC1(C)C(C=O)C1C(=O)Oc1ccccc1. The third-order valence-electron chi connectivity index (χ3n) is 3.27. The van der Waals surface area contributed by atoms with Gasteiger partial charge in [0.15, 0.2) is 0 Å². The average molecular weight is 218 g/mol. The zero-order valence-corrected chi connectivity index (χ0v) is 9.34. The van der Waals surface area contributed by atoms with Gasteiger partial charge in [0, 0.05) is 5.92 Å². The monoisotopic (exact) mass is 218 g/mol. The molecular formula is C13H14O3. The van der Waals surface area contributed by atoms with Gasteiger partial charge in [-0.1, -0.05) is 32.0 Å². The molecule has 2 atom stereocenters. The van der Waals surface area contributed by atoms with E-state index in [-0.39, 0.29) is 23.2 Å². The quantitative estimate of drug-likeness (QED) is 0.443. The summed E-state index contributed by atoms with van der Waals surface area (Å²) in [7, 11) is 0. The van der Waals surface area contributed by atoms with Crippen LogP contribution in [0, 0.1) is 17.3 Å². The van der Waals surface area contributed by atoms with Gasteiger partial charge in [0.25, 0.3) is 0 Å². The van der Waals surface area contributed by atoms with Gasteiger partial charge in [0.1, 0.15) is 12.0 Å². The van der Waals surface area contributed by atoms with E-state index >= 15 is 0 Å². The van der Waals surface area contributed by atoms with Gasteiger partial charge in [-0.15, -0.1) is 0 Å². The van der Waals surface area contributed by atoms with E-state index in [2.05, 4.69) is 0 Å². The van der Waals surface area contributed by atoms with Gasteiger partial charge in [-0.25, -0.2) is 0 Å². The van der Waals surface area contributed by atoms with Crippen LogP contribution in [0.25, 0.3) is 0 Å². The Balaban J connectivity index is 2.04. The average Bonchev–Trinajstić information content (AvgIpc) is 2.82. The lowest BCUT2D eigenvalue weighted by atomic mass is 10.1. The molecule has 3 heteroatoms. The molecule has 16 heavy (non-hydrogen) atoms. The maximum absolute atomic E-state index is 11.8. The Hall–Kier alpha value is -1.64. The van der Waals surface area contributed by atoms with Crippen molar-refractivity contribution in [2.24, 2.45) is 17.3 Å². The highest BCUT2D eigenvalue weighted by atomic mass is 16.5. The van der Waals surface area contributed by atoms with Crippen molar-refractivity contribution in [3.8, 4) is 5.75 Å². The van der Waals surface area contributed by atoms with Crippen molar-refractivity contribution in [1.29, 1.82) is 0 Å². The summed E-state index contributed by atoms with van der Waals surface area (Å²) < 4.78 is 5.21. The van der Waals surface area contributed by atoms with Crippen LogP contribution in [0.2, 0.25) is 0 Å². The first-order valence-corrected chi connectivity index (χ1v) is 5.29. The number of hydrogen-bond acceptors (Lipinski definition) is 3. The fraction of sp³-hybridized carbons (Fsp3) is 0.385. The van der Waals surface area contributed by atoms with E-state index in [1.165, 1.54) is 0 Å². The van der Waals surface area contributed by atoms with Gasteiger partial charge < -0.3 is 9.53 Å². The first-order valence-electron chi connectivity index (χ1n) is 5.29. The van der Waals surface area contributed by atoms with Crippen LogP contribution in [0.3, 0.4) is 0 Å². The van der Waals surface area contributed by atoms with Crippen LogP contribution in [0.5, 0.6) is 5.75 Å². The molecule has 0 radical (unpaired) electrons. The van der Waals surface area contributed by atoms with Crippen molar-refractivity contribution in [3.63, 3.8) is 0 Å². The molecule has 0 bridgehead atoms. The second kappa shape index (κ2) is 3.74. The van der Waals surface area contributed by atoms with Crippen LogP contribution >= 0.6 is 0 Å². The van der Waals surface area contributed by atoms with Crippen LogP contribution in [0.1, 0.15) is 13.8 Å². The smallest absolute Gasteiger partial charge is 0.315 e. The van der Waals surface area contributed by atoms with Crippen LogP contribution < -0.4 is 4.74 Å². The number of para-hydroxylation sites is 1. The molecule has 0 N–H and O–H groups in total. The minimum absolute atomic E-state index is 0.205.